The van der Waals surface area contributed by atoms with E-state index in [0.717, 1.165) is 11.6 Å². The molecule has 2 aromatic rings. The molecular formula is C15H19N5. The van der Waals surface area contributed by atoms with Crippen molar-refractivity contribution >= 4 is 17.6 Å². The normalized spacial score (nSPS) is 16.0. The maximum atomic E-state index is 5.53. The minimum Gasteiger partial charge on any atom is -0.368 e. The first-order valence-corrected chi connectivity index (χ1v) is 7.13. The molecule has 3 rings (SSSR count). The molecule has 20 heavy (non-hydrogen) atoms. The van der Waals surface area contributed by atoms with Crippen LogP contribution in [0, 0.1) is 0 Å². The number of aromatic nitrogens is 3. The topological polar surface area (TPSA) is 76.7 Å². The zero-order valence-electron chi connectivity index (χ0n) is 11.4. The first-order valence-electron chi connectivity index (χ1n) is 7.13. The highest BCUT2D eigenvalue weighted by molar-refractivity contribution is 5.54. The van der Waals surface area contributed by atoms with Gasteiger partial charge in [0, 0.05) is 5.69 Å². The molecule has 3 N–H and O–H groups in total. The van der Waals surface area contributed by atoms with E-state index in [1.54, 1.807) is 0 Å². The molecular weight excluding hydrogens is 250 g/mol. The van der Waals surface area contributed by atoms with Crippen LogP contribution in [0.1, 0.15) is 43.6 Å². The van der Waals surface area contributed by atoms with Crippen LogP contribution < -0.4 is 11.1 Å². The molecule has 1 aromatic carbocycles. The fourth-order valence-corrected chi connectivity index (χ4v) is 2.77. The number of nitrogens with zero attached hydrogens (tertiary/aromatic N) is 3. The van der Waals surface area contributed by atoms with Gasteiger partial charge in [-0.25, -0.2) is 9.97 Å². The minimum absolute atomic E-state index is 0.223. The second kappa shape index (κ2) is 5.86. The number of nitrogen functional groups attached to an aromatic ring is 1. The highest BCUT2D eigenvalue weighted by Gasteiger charge is 2.15. The van der Waals surface area contributed by atoms with Gasteiger partial charge in [-0.15, -0.1) is 0 Å². The Labute approximate surface area is 118 Å². The lowest BCUT2D eigenvalue weighted by Gasteiger charge is -2.22. The van der Waals surface area contributed by atoms with E-state index < -0.39 is 0 Å². The Kier molecular flexibility index (Phi) is 3.76. The van der Waals surface area contributed by atoms with Crippen molar-refractivity contribution in [1.82, 2.24) is 15.0 Å². The van der Waals surface area contributed by atoms with Crippen molar-refractivity contribution in [3.63, 3.8) is 0 Å². The Bertz CT molecular complexity index is 561. The average molecular weight is 269 g/mol. The van der Waals surface area contributed by atoms with Gasteiger partial charge in [-0.1, -0.05) is 31.4 Å². The quantitative estimate of drug-likeness (QED) is 0.894. The van der Waals surface area contributed by atoms with Crippen molar-refractivity contribution < 1.29 is 0 Å². The third-order valence-electron chi connectivity index (χ3n) is 3.83. The molecule has 0 bridgehead atoms. The lowest BCUT2D eigenvalue weighted by atomic mass is 9.84. The molecule has 104 valence electrons. The Morgan fingerprint density at radius 2 is 1.75 bits per heavy atom. The highest BCUT2D eigenvalue weighted by atomic mass is 15.2. The van der Waals surface area contributed by atoms with Crippen molar-refractivity contribution in [2.75, 3.05) is 11.1 Å². The molecule has 5 heteroatoms. The largest absolute Gasteiger partial charge is 0.368 e. The van der Waals surface area contributed by atoms with Crippen LogP contribution in [-0.4, -0.2) is 15.0 Å². The average Bonchev–Trinajstić information content (AvgIpc) is 2.49. The molecule has 5 nitrogen and oxygen atoms in total. The van der Waals surface area contributed by atoms with Crippen LogP contribution in [0.25, 0.3) is 0 Å². The van der Waals surface area contributed by atoms with E-state index in [2.05, 4.69) is 44.5 Å². The molecule has 1 heterocycles. The van der Waals surface area contributed by atoms with Gasteiger partial charge in [-0.05, 0) is 36.5 Å². The van der Waals surface area contributed by atoms with Crippen LogP contribution in [0.5, 0.6) is 0 Å². The van der Waals surface area contributed by atoms with Gasteiger partial charge < -0.3 is 11.1 Å². The first kappa shape index (κ1) is 12.8. The van der Waals surface area contributed by atoms with E-state index in [0.29, 0.717) is 5.95 Å². The van der Waals surface area contributed by atoms with Crippen LogP contribution in [0.4, 0.5) is 17.6 Å². The van der Waals surface area contributed by atoms with Crippen molar-refractivity contribution in [2.24, 2.45) is 0 Å². The van der Waals surface area contributed by atoms with Crippen LogP contribution in [0.3, 0.4) is 0 Å². The van der Waals surface area contributed by atoms with Gasteiger partial charge in [0.15, 0.2) is 0 Å². The second-order valence-corrected chi connectivity index (χ2v) is 5.25. The molecule has 0 aliphatic heterocycles. The van der Waals surface area contributed by atoms with E-state index in [1.807, 2.05) is 0 Å². The molecule has 1 aliphatic carbocycles. The van der Waals surface area contributed by atoms with Crippen LogP contribution in [0.2, 0.25) is 0 Å². The molecule has 0 radical (unpaired) electrons. The number of nitrogens with one attached hydrogen (secondary N) is 1. The summed E-state index contributed by atoms with van der Waals surface area (Å²) in [5.74, 6) is 1.43. The van der Waals surface area contributed by atoms with Gasteiger partial charge >= 0.3 is 0 Å². The number of rotatable bonds is 3. The van der Waals surface area contributed by atoms with Gasteiger partial charge in [-0.2, -0.15) is 4.98 Å². The Hall–Kier alpha value is -2.17. The third kappa shape index (κ3) is 3.04. The van der Waals surface area contributed by atoms with Gasteiger partial charge in [-0.3, -0.25) is 0 Å². The molecule has 0 amide bonds. The Morgan fingerprint density at radius 3 is 2.45 bits per heavy atom. The molecule has 0 saturated heterocycles. The summed E-state index contributed by atoms with van der Waals surface area (Å²) in [5, 5.41) is 3.13. The Morgan fingerprint density at radius 1 is 1.00 bits per heavy atom. The van der Waals surface area contributed by atoms with Crippen molar-refractivity contribution in [3.8, 4) is 0 Å². The molecule has 1 fully saturated rings. The maximum absolute atomic E-state index is 5.53. The summed E-state index contributed by atoms with van der Waals surface area (Å²) in [6.45, 7) is 0. The summed E-state index contributed by atoms with van der Waals surface area (Å²) in [4.78, 5) is 11.8. The Balaban J connectivity index is 1.69. The first-order chi connectivity index (χ1) is 9.81. The predicted molar refractivity (Wildman–Crippen MR) is 79.8 cm³/mol. The molecule has 1 saturated carbocycles. The van der Waals surface area contributed by atoms with E-state index in [4.69, 9.17) is 5.73 Å². The molecule has 0 spiro atoms. The summed E-state index contributed by atoms with van der Waals surface area (Å²) >= 11 is 0. The summed E-state index contributed by atoms with van der Waals surface area (Å²) in [6, 6.07) is 8.54. The van der Waals surface area contributed by atoms with Crippen molar-refractivity contribution in [3.05, 3.63) is 36.2 Å². The highest BCUT2D eigenvalue weighted by Crippen LogP contribution is 2.33. The zero-order chi connectivity index (χ0) is 13.8. The standard InChI is InChI=1S/C15H19N5/c16-14-17-10-18-15(20-14)19-13-8-6-12(7-9-13)11-4-2-1-3-5-11/h6-11H,1-5H2,(H3,16,17,18,19,20). The summed E-state index contributed by atoms with van der Waals surface area (Å²) in [5.41, 5.74) is 7.93. The molecule has 0 unspecified atom stereocenters. The van der Waals surface area contributed by atoms with E-state index in [1.165, 1.54) is 44.0 Å². The van der Waals surface area contributed by atoms with E-state index in [-0.39, 0.29) is 5.95 Å². The van der Waals surface area contributed by atoms with Crippen LogP contribution in [-0.2, 0) is 0 Å². The smallest absolute Gasteiger partial charge is 0.231 e. The number of benzene rings is 1. The maximum Gasteiger partial charge on any atom is 0.231 e. The number of hydrogen-bond acceptors (Lipinski definition) is 5. The van der Waals surface area contributed by atoms with Gasteiger partial charge in [0.2, 0.25) is 11.9 Å². The second-order valence-electron chi connectivity index (χ2n) is 5.25. The predicted octanol–water partition coefficient (Wildman–Crippen LogP) is 3.25. The fourth-order valence-electron chi connectivity index (χ4n) is 2.77. The SMILES string of the molecule is Nc1ncnc(Nc2ccc(C3CCCCC3)cc2)n1. The minimum atomic E-state index is 0.223. The van der Waals surface area contributed by atoms with Gasteiger partial charge in [0.05, 0.1) is 0 Å². The van der Waals surface area contributed by atoms with Crippen LogP contribution >= 0.6 is 0 Å². The van der Waals surface area contributed by atoms with Crippen molar-refractivity contribution in [2.45, 2.75) is 38.0 Å². The molecule has 1 aromatic heterocycles. The van der Waals surface area contributed by atoms with Gasteiger partial charge in [0.1, 0.15) is 6.33 Å². The zero-order valence-corrected chi connectivity index (χ0v) is 11.4. The lowest BCUT2D eigenvalue weighted by molar-refractivity contribution is 0.443. The monoisotopic (exact) mass is 269 g/mol. The summed E-state index contributed by atoms with van der Waals surface area (Å²) < 4.78 is 0. The van der Waals surface area contributed by atoms with E-state index in [9.17, 15) is 0 Å². The van der Waals surface area contributed by atoms with Crippen LogP contribution in [0.15, 0.2) is 30.6 Å². The molecule has 1 aliphatic rings. The summed E-state index contributed by atoms with van der Waals surface area (Å²) in [7, 11) is 0. The lowest BCUT2D eigenvalue weighted by Crippen LogP contribution is -2.05. The van der Waals surface area contributed by atoms with E-state index >= 15 is 0 Å². The fraction of sp³-hybridized carbons (Fsp3) is 0.400. The summed E-state index contributed by atoms with van der Waals surface area (Å²) in [6.07, 6.45) is 8.13. The third-order valence-corrected chi connectivity index (χ3v) is 3.83. The van der Waals surface area contributed by atoms with Crippen molar-refractivity contribution in [1.29, 1.82) is 0 Å². The number of hydrogen-bond donors (Lipinski definition) is 2. The molecule has 0 atom stereocenters. The number of anilines is 3. The van der Waals surface area contributed by atoms with Gasteiger partial charge in [0.25, 0.3) is 0 Å². The number of nitrogens with two attached hydrogens (primary N) is 1.